The molecule has 2 aromatic rings. The van der Waals surface area contributed by atoms with Gasteiger partial charge >= 0.3 is 0 Å². The Morgan fingerprint density at radius 3 is 2.65 bits per heavy atom. The minimum absolute atomic E-state index is 0. The molecule has 0 radical (unpaired) electrons. The van der Waals surface area contributed by atoms with Crippen LogP contribution in [-0.2, 0) is 13.0 Å². The zero-order chi connectivity index (χ0) is 18.2. The van der Waals surface area contributed by atoms with Crippen LogP contribution < -0.4 is 15.4 Å². The molecule has 6 nitrogen and oxygen atoms in total. The molecule has 0 amide bonds. The van der Waals surface area contributed by atoms with Gasteiger partial charge in [-0.15, -0.1) is 35.3 Å². The highest BCUT2D eigenvalue weighted by molar-refractivity contribution is 14.0. The second-order valence-corrected chi connectivity index (χ2v) is 6.90. The Morgan fingerprint density at radius 1 is 1.31 bits per heavy atom. The molecule has 0 fully saturated rings. The van der Waals surface area contributed by atoms with E-state index in [1.165, 1.54) is 4.88 Å². The number of ether oxygens (including phenoxy) is 1. The Morgan fingerprint density at radius 2 is 2.08 bits per heavy atom. The second-order valence-electron chi connectivity index (χ2n) is 5.61. The normalized spacial score (nSPS) is 11.0. The lowest BCUT2D eigenvalue weighted by Gasteiger charge is -2.12. The highest BCUT2D eigenvalue weighted by atomic mass is 127. The standard InChI is InChI=1S/C18H26N4O2S.HI/c1-5-19-18(21-11-17-12(2)22-13(3)25-17)20-9-8-14-6-7-15(24-4)10-16(14)23;/h6-7,10,23H,5,8-9,11H2,1-4H3,(H2,19,20,21);1H. The molecule has 0 atom stereocenters. The van der Waals surface area contributed by atoms with E-state index in [1.54, 1.807) is 24.5 Å². The van der Waals surface area contributed by atoms with Gasteiger partial charge in [-0.1, -0.05) is 6.07 Å². The van der Waals surface area contributed by atoms with Crippen LogP contribution >= 0.6 is 35.3 Å². The molecule has 0 spiro atoms. The summed E-state index contributed by atoms with van der Waals surface area (Å²) in [6.45, 7) is 8.14. The first-order valence-corrected chi connectivity index (χ1v) is 9.16. The molecule has 2 rings (SSSR count). The number of aromatic hydroxyl groups is 1. The zero-order valence-corrected chi connectivity index (χ0v) is 18.8. The number of halogens is 1. The van der Waals surface area contributed by atoms with Gasteiger partial charge in [-0.3, -0.25) is 0 Å². The number of aryl methyl sites for hydroxylation is 2. The molecule has 26 heavy (non-hydrogen) atoms. The Balaban J connectivity index is 0.00000338. The summed E-state index contributed by atoms with van der Waals surface area (Å²) in [4.78, 5) is 10.2. The highest BCUT2D eigenvalue weighted by Gasteiger charge is 2.06. The summed E-state index contributed by atoms with van der Waals surface area (Å²) in [5.74, 6) is 1.67. The largest absolute Gasteiger partial charge is 0.508 e. The molecule has 1 heterocycles. The third-order valence-corrected chi connectivity index (χ3v) is 4.76. The number of aromatic nitrogens is 1. The molecule has 1 aromatic heterocycles. The van der Waals surface area contributed by atoms with Gasteiger partial charge in [-0.05, 0) is 38.8 Å². The highest BCUT2D eigenvalue weighted by Crippen LogP contribution is 2.23. The quantitative estimate of drug-likeness (QED) is 0.315. The molecule has 0 saturated carbocycles. The van der Waals surface area contributed by atoms with Gasteiger partial charge in [-0.2, -0.15) is 0 Å². The predicted molar refractivity (Wildman–Crippen MR) is 118 cm³/mol. The van der Waals surface area contributed by atoms with Gasteiger partial charge in [0.2, 0.25) is 0 Å². The van der Waals surface area contributed by atoms with E-state index in [-0.39, 0.29) is 29.7 Å². The van der Waals surface area contributed by atoms with E-state index in [4.69, 9.17) is 4.74 Å². The second kappa shape index (κ2) is 11.2. The average Bonchev–Trinajstić information content (AvgIpc) is 2.91. The molecular formula is C18H27IN4O2S. The van der Waals surface area contributed by atoms with Crippen molar-refractivity contribution >= 4 is 41.3 Å². The van der Waals surface area contributed by atoms with E-state index in [0.717, 1.165) is 28.8 Å². The maximum Gasteiger partial charge on any atom is 0.191 e. The van der Waals surface area contributed by atoms with Crippen LogP contribution in [0, 0.1) is 13.8 Å². The number of aliphatic imine (C=N–C) groups is 1. The van der Waals surface area contributed by atoms with Gasteiger partial charge in [-0.25, -0.2) is 9.98 Å². The van der Waals surface area contributed by atoms with Crippen molar-refractivity contribution < 1.29 is 9.84 Å². The van der Waals surface area contributed by atoms with E-state index < -0.39 is 0 Å². The molecule has 144 valence electrons. The summed E-state index contributed by atoms with van der Waals surface area (Å²) in [6, 6.07) is 5.36. The molecular weight excluding hydrogens is 463 g/mol. The number of phenols is 1. The van der Waals surface area contributed by atoms with Crippen molar-refractivity contribution in [3.05, 3.63) is 39.3 Å². The zero-order valence-electron chi connectivity index (χ0n) is 15.6. The lowest BCUT2D eigenvalue weighted by atomic mass is 10.1. The van der Waals surface area contributed by atoms with Crippen molar-refractivity contribution in [1.82, 2.24) is 15.6 Å². The fourth-order valence-electron chi connectivity index (χ4n) is 2.41. The van der Waals surface area contributed by atoms with Gasteiger partial charge in [0.15, 0.2) is 5.96 Å². The Kier molecular flexibility index (Phi) is 9.71. The molecule has 0 aliphatic heterocycles. The Bertz CT molecular complexity index is 734. The first kappa shape index (κ1) is 22.5. The third kappa shape index (κ3) is 6.64. The fourth-order valence-corrected chi connectivity index (χ4v) is 3.27. The number of phenolic OH excluding ortho intramolecular Hbond substituents is 1. The van der Waals surface area contributed by atoms with Crippen LogP contribution in [0.1, 0.15) is 28.1 Å². The van der Waals surface area contributed by atoms with Crippen LogP contribution in [0.3, 0.4) is 0 Å². The number of hydrogen-bond acceptors (Lipinski definition) is 5. The summed E-state index contributed by atoms with van der Waals surface area (Å²) in [7, 11) is 1.58. The Hall–Kier alpha value is -1.55. The predicted octanol–water partition coefficient (Wildman–Crippen LogP) is 3.39. The van der Waals surface area contributed by atoms with Crippen molar-refractivity contribution in [3.63, 3.8) is 0 Å². The maximum absolute atomic E-state index is 10.0. The van der Waals surface area contributed by atoms with Crippen LogP contribution in [0.15, 0.2) is 23.2 Å². The smallest absolute Gasteiger partial charge is 0.191 e. The number of guanidine groups is 1. The minimum Gasteiger partial charge on any atom is -0.508 e. The van der Waals surface area contributed by atoms with Gasteiger partial charge in [0.1, 0.15) is 11.5 Å². The number of nitrogens with one attached hydrogen (secondary N) is 2. The van der Waals surface area contributed by atoms with E-state index in [0.29, 0.717) is 25.3 Å². The molecule has 0 bridgehead atoms. The van der Waals surface area contributed by atoms with Gasteiger partial charge in [0.05, 0.1) is 24.4 Å². The molecule has 1 aromatic carbocycles. The summed E-state index contributed by atoms with van der Waals surface area (Å²) in [6.07, 6.45) is 0.693. The number of thiazole rings is 1. The van der Waals surface area contributed by atoms with Crippen molar-refractivity contribution in [3.8, 4) is 11.5 Å². The molecule has 0 aliphatic carbocycles. The lowest BCUT2D eigenvalue weighted by Crippen LogP contribution is -2.38. The van der Waals surface area contributed by atoms with E-state index >= 15 is 0 Å². The SMILES string of the molecule is CCNC(=NCc1sc(C)nc1C)NCCc1ccc(OC)cc1O.I. The molecule has 0 saturated heterocycles. The fraction of sp³-hybridized carbons (Fsp3) is 0.444. The molecule has 0 unspecified atom stereocenters. The number of rotatable bonds is 7. The summed E-state index contributed by atoms with van der Waals surface area (Å²) < 4.78 is 5.10. The van der Waals surface area contributed by atoms with Gasteiger partial charge < -0.3 is 20.5 Å². The van der Waals surface area contributed by atoms with Crippen LogP contribution in [0.5, 0.6) is 11.5 Å². The molecule has 0 aliphatic rings. The van der Waals surface area contributed by atoms with Gasteiger partial charge in [0.25, 0.3) is 0 Å². The van der Waals surface area contributed by atoms with Gasteiger partial charge in [0, 0.05) is 24.0 Å². The van der Waals surface area contributed by atoms with Crippen molar-refractivity contribution in [1.29, 1.82) is 0 Å². The number of nitrogens with zero attached hydrogens (tertiary/aromatic N) is 2. The summed E-state index contributed by atoms with van der Waals surface area (Å²) >= 11 is 1.68. The van der Waals surface area contributed by atoms with Crippen LogP contribution in [0.2, 0.25) is 0 Å². The van der Waals surface area contributed by atoms with Crippen LogP contribution in [0.4, 0.5) is 0 Å². The molecule has 8 heteroatoms. The number of methoxy groups -OCH3 is 1. The number of benzene rings is 1. The number of hydrogen-bond donors (Lipinski definition) is 3. The van der Waals surface area contributed by atoms with Crippen molar-refractivity contribution in [2.75, 3.05) is 20.2 Å². The van der Waals surface area contributed by atoms with E-state index in [2.05, 4.69) is 20.6 Å². The third-order valence-electron chi connectivity index (χ3n) is 3.70. The Labute approximate surface area is 176 Å². The maximum atomic E-state index is 10.0. The van der Waals surface area contributed by atoms with Crippen LogP contribution in [-0.4, -0.2) is 36.2 Å². The first-order valence-electron chi connectivity index (χ1n) is 8.34. The van der Waals surface area contributed by atoms with Crippen LogP contribution in [0.25, 0.3) is 0 Å². The molecule has 3 N–H and O–H groups in total. The first-order chi connectivity index (χ1) is 12.0. The average molecular weight is 490 g/mol. The topological polar surface area (TPSA) is 78.8 Å². The summed E-state index contributed by atoms with van der Waals surface area (Å²) in [5.41, 5.74) is 1.92. The van der Waals surface area contributed by atoms with E-state index in [9.17, 15) is 5.11 Å². The minimum atomic E-state index is 0. The van der Waals surface area contributed by atoms with E-state index in [1.807, 2.05) is 32.9 Å². The monoisotopic (exact) mass is 490 g/mol. The summed E-state index contributed by atoms with van der Waals surface area (Å²) in [5, 5.41) is 17.6. The van der Waals surface area contributed by atoms with Crippen molar-refractivity contribution in [2.24, 2.45) is 4.99 Å². The van der Waals surface area contributed by atoms with Crippen molar-refractivity contribution in [2.45, 2.75) is 33.7 Å². The lowest BCUT2D eigenvalue weighted by molar-refractivity contribution is 0.406.